The van der Waals surface area contributed by atoms with Crippen LogP contribution in [0.5, 0.6) is 5.75 Å². The van der Waals surface area contributed by atoms with Crippen LogP contribution in [-0.2, 0) is 10.0 Å². The van der Waals surface area contributed by atoms with Crippen molar-refractivity contribution in [3.8, 4) is 5.75 Å². The first-order valence-corrected chi connectivity index (χ1v) is 7.28. The Labute approximate surface area is 115 Å². The van der Waals surface area contributed by atoms with Crippen LogP contribution in [-0.4, -0.2) is 23.7 Å². The van der Waals surface area contributed by atoms with E-state index in [0.717, 1.165) is 0 Å². The molecule has 0 atom stereocenters. The van der Waals surface area contributed by atoms with Crippen LogP contribution >= 0.6 is 0 Å². The van der Waals surface area contributed by atoms with Crippen molar-refractivity contribution in [3.63, 3.8) is 0 Å². The monoisotopic (exact) mass is 289 g/mol. The maximum Gasteiger partial charge on any atom is 0.265 e. The van der Waals surface area contributed by atoms with Gasteiger partial charge in [-0.05, 0) is 12.1 Å². The van der Waals surface area contributed by atoms with Crippen molar-refractivity contribution in [1.82, 2.24) is 10.2 Å². The first-order valence-electron chi connectivity index (χ1n) is 5.80. The number of H-pyrrole nitrogens is 1. The predicted molar refractivity (Wildman–Crippen MR) is 75.0 cm³/mol. The number of hydrogen-bond acceptors (Lipinski definition) is 4. The summed E-state index contributed by atoms with van der Waals surface area (Å²) in [6, 6.07) is 9.99. The lowest BCUT2D eigenvalue weighted by atomic mass is 10.1. The highest BCUT2D eigenvalue weighted by Gasteiger charge is 2.16. The molecule has 1 heterocycles. The van der Waals surface area contributed by atoms with Crippen LogP contribution < -0.4 is 4.72 Å². The summed E-state index contributed by atoms with van der Waals surface area (Å²) < 4.78 is 26.8. The molecule has 3 N–H and O–H groups in total. The quantitative estimate of drug-likeness (QED) is 0.688. The standard InChI is InChI=1S/C13H11N3O3S/c17-13-6-2-3-10-11(13)4-1-5-12(10)16-20(18,19)9-7-14-15-8-9/h1-8,16-17H,(H,14,15). The van der Waals surface area contributed by atoms with Crippen molar-refractivity contribution in [1.29, 1.82) is 0 Å². The maximum atomic E-state index is 12.2. The Morgan fingerprint density at radius 2 is 1.85 bits per heavy atom. The molecule has 0 spiro atoms. The number of benzene rings is 2. The average molecular weight is 289 g/mol. The van der Waals surface area contributed by atoms with Crippen molar-refractivity contribution < 1.29 is 13.5 Å². The lowest BCUT2D eigenvalue weighted by molar-refractivity contribution is 0.481. The SMILES string of the molecule is O=S(=O)(Nc1cccc2c(O)cccc12)c1cn[nH]c1. The molecule has 1 aromatic heterocycles. The predicted octanol–water partition coefficient (Wildman–Crippen LogP) is 2.07. The molecule has 3 rings (SSSR count). The molecule has 102 valence electrons. The van der Waals surface area contributed by atoms with E-state index in [1.807, 2.05) is 0 Å². The molecule has 6 nitrogen and oxygen atoms in total. The van der Waals surface area contributed by atoms with Gasteiger partial charge in [-0.15, -0.1) is 0 Å². The first kappa shape index (κ1) is 12.5. The van der Waals surface area contributed by atoms with Crippen molar-refractivity contribution in [2.75, 3.05) is 4.72 Å². The zero-order chi connectivity index (χ0) is 14.2. The van der Waals surface area contributed by atoms with E-state index in [0.29, 0.717) is 16.5 Å². The normalized spacial score (nSPS) is 11.6. The fourth-order valence-electron chi connectivity index (χ4n) is 1.97. The summed E-state index contributed by atoms with van der Waals surface area (Å²) in [7, 11) is -3.70. The summed E-state index contributed by atoms with van der Waals surface area (Å²) in [5, 5.41) is 17.1. The molecule has 20 heavy (non-hydrogen) atoms. The van der Waals surface area contributed by atoms with Crippen LogP contribution in [0.4, 0.5) is 5.69 Å². The van der Waals surface area contributed by atoms with Gasteiger partial charge in [0.2, 0.25) is 0 Å². The Morgan fingerprint density at radius 1 is 1.10 bits per heavy atom. The molecule has 0 aliphatic heterocycles. The molecule has 0 fully saturated rings. The zero-order valence-electron chi connectivity index (χ0n) is 10.2. The van der Waals surface area contributed by atoms with Gasteiger partial charge in [0, 0.05) is 17.0 Å². The minimum Gasteiger partial charge on any atom is -0.507 e. The molecule has 0 unspecified atom stereocenters. The molecular weight excluding hydrogens is 278 g/mol. The Balaban J connectivity index is 2.11. The van der Waals surface area contributed by atoms with E-state index in [1.165, 1.54) is 12.4 Å². The molecule has 7 heteroatoms. The van der Waals surface area contributed by atoms with Gasteiger partial charge in [0.25, 0.3) is 10.0 Å². The van der Waals surface area contributed by atoms with Gasteiger partial charge in [0.1, 0.15) is 10.6 Å². The molecule has 0 aliphatic carbocycles. The fraction of sp³-hybridized carbons (Fsp3) is 0. The number of fused-ring (bicyclic) bond motifs is 1. The Hall–Kier alpha value is -2.54. The fourth-order valence-corrected chi connectivity index (χ4v) is 2.96. The smallest absolute Gasteiger partial charge is 0.265 e. The molecule has 0 aliphatic rings. The summed E-state index contributed by atoms with van der Waals surface area (Å²) in [5.41, 5.74) is 0.402. The van der Waals surface area contributed by atoms with E-state index in [-0.39, 0.29) is 10.6 Å². The van der Waals surface area contributed by atoms with Crippen molar-refractivity contribution in [2.45, 2.75) is 4.90 Å². The van der Waals surface area contributed by atoms with Crippen LogP contribution in [0.3, 0.4) is 0 Å². The number of nitrogens with one attached hydrogen (secondary N) is 2. The summed E-state index contributed by atoms with van der Waals surface area (Å²) in [4.78, 5) is 0.0506. The highest BCUT2D eigenvalue weighted by Crippen LogP contribution is 2.30. The second kappa shape index (κ2) is 4.53. The van der Waals surface area contributed by atoms with Gasteiger partial charge < -0.3 is 5.11 Å². The van der Waals surface area contributed by atoms with Crippen LogP contribution in [0.1, 0.15) is 0 Å². The van der Waals surface area contributed by atoms with Crippen LogP contribution in [0.25, 0.3) is 10.8 Å². The summed E-state index contributed by atoms with van der Waals surface area (Å²) in [5.74, 6) is 0.104. The van der Waals surface area contributed by atoms with Crippen molar-refractivity contribution >= 4 is 26.5 Å². The van der Waals surface area contributed by atoms with Gasteiger partial charge in [-0.25, -0.2) is 8.42 Å². The Morgan fingerprint density at radius 3 is 2.60 bits per heavy atom. The van der Waals surface area contributed by atoms with Crippen molar-refractivity contribution in [3.05, 3.63) is 48.8 Å². The lowest BCUT2D eigenvalue weighted by Crippen LogP contribution is -2.12. The molecule has 0 amide bonds. The van der Waals surface area contributed by atoms with E-state index in [1.54, 1.807) is 36.4 Å². The number of phenols is 1. The Bertz CT molecular complexity index is 858. The molecule has 0 bridgehead atoms. The van der Waals surface area contributed by atoms with Gasteiger partial charge in [0.05, 0.1) is 11.9 Å². The molecule has 0 saturated carbocycles. The van der Waals surface area contributed by atoms with Gasteiger partial charge in [-0.2, -0.15) is 5.10 Å². The summed E-state index contributed by atoms with van der Waals surface area (Å²) in [6.45, 7) is 0. The summed E-state index contributed by atoms with van der Waals surface area (Å²) in [6.07, 6.45) is 2.52. The van der Waals surface area contributed by atoms with Gasteiger partial charge in [0.15, 0.2) is 0 Å². The number of phenolic OH excluding ortho intramolecular Hbond substituents is 1. The minimum absolute atomic E-state index is 0.0506. The number of aromatic amines is 1. The molecule has 2 aromatic carbocycles. The number of anilines is 1. The third-order valence-electron chi connectivity index (χ3n) is 2.93. The molecule has 3 aromatic rings. The first-order chi connectivity index (χ1) is 9.58. The number of rotatable bonds is 3. The van der Waals surface area contributed by atoms with E-state index >= 15 is 0 Å². The van der Waals surface area contributed by atoms with Gasteiger partial charge in [-0.1, -0.05) is 24.3 Å². The van der Waals surface area contributed by atoms with E-state index in [9.17, 15) is 13.5 Å². The number of aromatic hydroxyl groups is 1. The topological polar surface area (TPSA) is 95.1 Å². The van der Waals surface area contributed by atoms with E-state index in [2.05, 4.69) is 14.9 Å². The van der Waals surface area contributed by atoms with Crippen LogP contribution in [0.15, 0.2) is 53.7 Å². The van der Waals surface area contributed by atoms with Gasteiger partial charge in [-0.3, -0.25) is 9.82 Å². The van der Waals surface area contributed by atoms with Crippen LogP contribution in [0.2, 0.25) is 0 Å². The maximum absolute atomic E-state index is 12.2. The summed E-state index contributed by atoms with van der Waals surface area (Å²) >= 11 is 0. The van der Waals surface area contributed by atoms with Crippen molar-refractivity contribution in [2.24, 2.45) is 0 Å². The van der Waals surface area contributed by atoms with E-state index < -0.39 is 10.0 Å². The third kappa shape index (κ3) is 2.08. The highest BCUT2D eigenvalue weighted by molar-refractivity contribution is 7.92. The Kier molecular flexibility index (Phi) is 2.83. The molecule has 0 radical (unpaired) electrons. The lowest BCUT2D eigenvalue weighted by Gasteiger charge is -2.10. The zero-order valence-corrected chi connectivity index (χ0v) is 11.1. The number of sulfonamides is 1. The third-order valence-corrected chi connectivity index (χ3v) is 4.26. The number of aromatic nitrogens is 2. The van der Waals surface area contributed by atoms with Crippen LogP contribution in [0, 0.1) is 0 Å². The highest BCUT2D eigenvalue weighted by atomic mass is 32.2. The largest absolute Gasteiger partial charge is 0.507 e. The second-order valence-corrected chi connectivity index (χ2v) is 5.90. The second-order valence-electron chi connectivity index (χ2n) is 4.22. The average Bonchev–Trinajstić information content (AvgIpc) is 2.94. The molecule has 0 saturated heterocycles. The molecular formula is C13H11N3O3S. The number of nitrogens with zero attached hydrogens (tertiary/aromatic N) is 1. The van der Waals surface area contributed by atoms with Gasteiger partial charge >= 0.3 is 0 Å². The minimum atomic E-state index is -3.70. The van der Waals surface area contributed by atoms with E-state index in [4.69, 9.17) is 0 Å². The number of hydrogen-bond donors (Lipinski definition) is 3.